The van der Waals surface area contributed by atoms with Gasteiger partial charge < -0.3 is 4.74 Å². The van der Waals surface area contributed by atoms with Crippen molar-refractivity contribution in [1.82, 2.24) is 0 Å². The summed E-state index contributed by atoms with van der Waals surface area (Å²) in [5.74, 6) is 0.975. The molecular weight excluding hydrogens is 334 g/mol. The fourth-order valence-corrected chi connectivity index (χ4v) is 5.52. The zero-order chi connectivity index (χ0) is 11.1. The molecule has 0 fully saturated rings. The molecule has 2 aromatic rings. The van der Waals surface area contributed by atoms with Crippen LogP contribution in [-0.2, 0) is 0 Å². The predicted molar refractivity (Wildman–Crippen MR) is 60.8 cm³/mol. The van der Waals surface area contributed by atoms with Crippen molar-refractivity contribution in [3.63, 3.8) is 0 Å². The lowest BCUT2D eigenvalue weighted by molar-refractivity contribution is -0.590. The molecule has 0 atom stereocenters. The third-order valence-electron chi connectivity index (χ3n) is 2.62. The van der Waals surface area contributed by atoms with Crippen LogP contribution in [0.2, 0.25) is 5.02 Å². The zero-order valence-electron chi connectivity index (χ0n) is 8.63. The first kappa shape index (κ1) is 10.4. The number of rotatable bonds is 1. The quantitative estimate of drug-likeness (QED) is 0.583. The van der Waals surface area contributed by atoms with Crippen LogP contribution in [0.3, 0.4) is 0 Å². The smallest absolute Gasteiger partial charge is 0.363 e. The van der Waals surface area contributed by atoms with Crippen LogP contribution in [0.15, 0.2) is 36.4 Å². The average molecular weight is 344 g/mol. The van der Waals surface area contributed by atoms with E-state index in [2.05, 4.69) is 24.3 Å². The molecule has 0 unspecified atom stereocenters. The van der Waals surface area contributed by atoms with E-state index < -0.39 is 0 Å². The van der Waals surface area contributed by atoms with Gasteiger partial charge in [0.05, 0.1) is 17.7 Å². The van der Waals surface area contributed by atoms with E-state index in [0.717, 1.165) is 10.8 Å². The van der Waals surface area contributed by atoms with E-state index in [4.69, 9.17) is 16.3 Å². The highest BCUT2D eigenvalue weighted by Crippen LogP contribution is 2.33. The van der Waals surface area contributed by atoms with Gasteiger partial charge in [0, 0.05) is 5.56 Å². The van der Waals surface area contributed by atoms with E-state index in [0.29, 0.717) is 0 Å². The number of ether oxygens (including phenoxy) is 1. The Kier molecular flexibility index (Phi) is 2.56. The van der Waals surface area contributed by atoms with Crippen molar-refractivity contribution >= 4 is 11.6 Å². The van der Waals surface area contributed by atoms with Gasteiger partial charge in [-0.25, -0.2) is 0 Å². The van der Waals surface area contributed by atoms with Crippen molar-refractivity contribution in [2.45, 2.75) is 0 Å². The van der Waals surface area contributed by atoms with Crippen LogP contribution in [0, 0.1) is 7.14 Å². The summed E-state index contributed by atoms with van der Waals surface area (Å²) in [4.78, 5) is 0. The zero-order valence-corrected chi connectivity index (χ0v) is 11.5. The molecule has 1 aliphatic rings. The molecule has 0 radical (unpaired) electrons. The van der Waals surface area contributed by atoms with Crippen molar-refractivity contribution < 1.29 is 25.9 Å². The average Bonchev–Trinajstić information content (AvgIpc) is 2.69. The summed E-state index contributed by atoms with van der Waals surface area (Å²) in [6.07, 6.45) is 0. The summed E-state index contributed by atoms with van der Waals surface area (Å²) in [6, 6.07) is 12.4. The molecule has 0 aromatic heterocycles. The fourth-order valence-electron chi connectivity index (χ4n) is 1.88. The van der Waals surface area contributed by atoms with E-state index in [9.17, 15) is 0 Å². The van der Waals surface area contributed by atoms with Crippen molar-refractivity contribution in [3.8, 4) is 16.9 Å². The van der Waals surface area contributed by atoms with Crippen LogP contribution in [0.25, 0.3) is 11.1 Å². The Morgan fingerprint density at radius 2 is 1.94 bits per heavy atom. The Morgan fingerprint density at radius 3 is 2.75 bits per heavy atom. The van der Waals surface area contributed by atoms with Gasteiger partial charge in [-0.3, -0.25) is 0 Å². The van der Waals surface area contributed by atoms with Crippen LogP contribution >= 0.6 is 11.6 Å². The third kappa shape index (κ3) is 1.44. The number of fused-ring (bicyclic) bond motifs is 3. The molecular formula is C13H9ClIO+. The van der Waals surface area contributed by atoms with Gasteiger partial charge in [-0.05, 0) is 24.3 Å². The van der Waals surface area contributed by atoms with Crippen molar-refractivity contribution in [2.75, 3.05) is 7.11 Å². The molecule has 0 amide bonds. The van der Waals surface area contributed by atoms with Gasteiger partial charge in [0.2, 0.25) is 7.14 Å². The molecule has 0 saturated carbocycles. The molecule has 0 spiro atoms. The molecule has 1 heterocycles. The Hall–Kier alpha value is -0.740. The maximum Gasteiger partial charge on any atom is 0.363 e. The van der Waals surface area contributed by atoms with E-state index in [-0.39, 0.29) is 21.2 Å². The standard InChI is InChI=1S/C13H9ClIO/c1-16-11-7-6-9(14)12-8-4-2-3-5-10(8)15-13(11)12/h2-7H,1H3/q+1. The van der Waals surface area contributed by atoms with Gasteiger partial charge in [0.1, 0.15) is 0 Å². The first-order chi connectivity index (χ1) is 7.81. The molecule has 2 aromatic carbocycles. The van der Waals surface area contributed by atoms with E-state index in [1.807, 2.05) is 12.1 Å². The van der Waals surface area contributed by atoms with Gasteiger partial charge in [-0.1, -0.05) is 23.7 Å². The highest BCUT2D eigenvalue weighted by Gasteiger charge is 2.38. The minimum absolute atomic E-state index is 0.152. The van der Waals surface area contributed by atoms with E-state index in [1.165, 1.54) is 18.3 Å². The summed E-state index contributed by atoms with van der Waals surface area (Å²) >= 11 is 6.14. The second-order valence-corrected chi connectivity index (χ2v) is 6.70. The maximum absolute atomic E-state index is 6.29. The van der Waals surface area contributed by atoms with Gasteiger partial charge >= 0.3 is 21.2 Å². The maximum atomic E-state index is 6.29. The van der Waals surface area contributed by atoms with Crippen molar-refractivity contribution in [2.24, 2.45) is 0 Å². The van der Waals surface area contributed by atoms with Crippen molar-refractivity contribution in [3.05, 3.63) is 48.6 Å². The number of benzene rings is 2. The van der Waals surface area contributed by atoms with Gasteiger partial charge in [0.25, 0.3) is 0 Å². The van der Waals surface area contributed by atoms with E-state index in [1.54, 1.807) is 7.11 Å². The summed E-state index contributed by atoms with van der Waals surface area (Å²) < 4.78 is 8.16. The molecule has 0 aliphatic carbocycles. The summed E-state index contributed by atoms with van der Waals surface area (Å²) in [5, 5.41) is 0.834. The van der Waals surface area contributed by atoms with Gasteiger partial charge in [-0.15, -0.1) is 0 Å². The highest BCUT2D eigenvalue weighted by molar-refractivity contribution is 6.33. The lowest BCUT2D eigenvalue weighted by Gasteiger charge is -2.02. The van der Waals surface area contributed by atoms with Crippen LogP contribution < -0.4 is 25.9 Å². The van der Waals surface area contributed by atoms with Gasteiger partial charge in [0.15, 0.2) is 5.75 Å². The first-order valence-electron chi connectivity index (χ1n) is 4.92. The molecule has 0 N–H and O–H groups in total. The van der Waals surface area contributed by atoms with E-state index >= 15 is 0 Å². The molecule has 3 rings (SSSR count). The molecule has 0 bridgehead atoms. The summed E-state index contributed by atoms with van der Waals surface area (Å²) in [5.41, 5.74) is 2.47. The third-order valence-corrected chi connectivity index (χ3v) is 6.06. The van der Waals surface area contributed by atoms with Gasteiger partial charge in [-0.2, -0.15) is 0 Å². The largest absolute Gasteiger partial charge is 0.492 e. The normalized spacial score (nSPS) is 12.1. The molecule has 3 heteroatoms. The first-order valence-corrected chi connectivity index (χ1v) is 7.45. The Labute approximate surface area is 110 Å². The number of halogens is 2. The Balaban J connectivity index is 2.32. The minimum atomic E-state index is -0.152. The lowest BCUT2D eigenvalue weighted by Crippen LogP contribution is -3.61. The minimum Gasteiger partial charge on any atom is -0.492 e. The Bertz CT molecular complexity index is 566. The second-order valence-electron chi connectivity index (χ2n) is 3.51. The lowest BCUT2D eigenvalue weighted by atomic mass is 10.1. The predicted octanol–water partition coefficient (Wildman–Crippen LogP) is 0.457. The second kappa shape index (κ2) is 3.93. The van der Waals surface area contributed by atoms with Crippen molar-refractivity contribution in [1.29, 1.82) is 0 Å². The molecule has 1 aliphatic heterocycles. The summed E-state index contributed by atoms with van der Waals surface area (Å²) in [6.45, 7) is 0. The molecule has 1 nitrogen and oxygen atoms in total. The summed E-state index contributed by atoms with van der Waals surface area (Å²) in [7, 11) is 1.72. The van der Waals surface area contributed by atoms with Crippen LogP contribution in [0.1, 0.15) is 0 Å². The monoisotopic (exact) mass is 343 g/mol. The number of methoxy groups -OCH3 is 1. The number of hydrogen-bond acceptors (Lipinski definition) is 1. The fraction of sp³-hybridized carbons (Fsp3) is 0.0769. The van der Waals surface area contributed by atoms with Crippen LogP contribution in [0.5, 0.6) is 5.75 Å². The van der Waals surface area contributed by atoms with Crippen LogP contribution in [-0.4, -0.2) is 7.11 Å². The topological polar surface area (TPSA) is 9.23 Å². The number of hydrogen-bond donors (Lipinski definition) is 0. The SMILES string of the molecule is COc1ccc(Cl)c2c1[I+]c1ccccc1-2. The van der Waals surface area contributed by atoms with Crippen LogP contribution in [0.4, 0.5) is 0 Å². The highest BCUT2D eigenvalue weighted by atomic mass is 127. The molecule has 0 saturated heterocycles. The Morgan fingerprint density at radius 1 is 1.12 bits per heavy atom. The molecule has 16 heavy (non-hydrogen) atoms. The molecule has 80 valence electrons.